The third-order valence-electron chi connectivity index (χ3n) is 5.51. The Morgan fingerprint density at radius 1 is 1.00 bits per heavy atom. The van der Waals surface area contributed by atoms with Gasteiger partial charge in [-0.2, -0.15) is 5.26 Å². The summed E-state index contributed by atoms with van der Waals surface area (Å²) in [7, 11) is 0. The van der Waals surface area contributed by atoms with Crippen LogP contribution in [0.3, 0.4) is 0 Å². The number of carboxylic acid groups (broad SMARTS) is 1. The van der Waals surface area contributed by atoms with Crippen molar-refractivity contribution in [2.45, 2.75) is 18.9 Å². The van der Waals surface area contributed by atoms with Crippen LogP contribution in [-0.2, 0) is 9.59 Å². The van der Waals surface area contributed by atoms with Crippen LogP contribution >= 0.6 is 0 Å². The van der Waals surface area contributed by atoms with Crippen molar-refractivity contribution in [2.75, 3.05) is 32.7 Å². The van der Waals surface area contributed by atoms with E-state index in [1.54, 1.807) is 4.90 Å². The second-order valence-corrected chi connectivity index (χ2v) is 7.67. The van der Waals surface area contributed by atoms with E-state index in [1.165, 1.54) is 17.3 Å². The fourth-order valence-electron chi connectivity index (χ4n) is 3.90. The fraction of sp³-hybridized carbons (Fsp3) is 0.320. The van der Waals surface area contributed by atoms with Crippen molar-refractivity contribution in [2.24, 2.45) is 0 Å². The van der Waals surface area contributed by atoms with Gasteiger partial charge in [0.05, 0.1) is 6.04 Å². The Morgan fingerprint density at radius 3 is 2.06 bits per heavy atom. The van der Waals surface area contributed by atoms with E-state index in [9.17, 15) is 14.9 Å². The van der Waals surface area contributed by atoms with E-state index in [0.29, 0.717) is 39.1 Å². The number of nitrogens with one attached hydrogen (secondary N) is 1. The van der Waals surface area contributed by atoms with Gasteiger partial charge in [0.25, 0.3) is 5.91 Å². The molecule has 0 aliphatic carbocycles. The smallest absolute Gasteiger partial charge is 0.303 e. The molecule has 0 aromatic heterocycles. The summed E-state index contributed by atoms with van der Waals surface area (Å²) in [5.41, 5.74) is 2.46. The summed E-state index contributed by atoms with van der Waals surface area (Å²) in [5.74, 6) is -1.16. The zero-order valence-electron chi connectivity index (χ0n) is 18.0. The first-order chi connectivity index (χ1) is 15.6. The molecule has 1 amide bonds. The number of amides is 1. The summed E-state index contributed by atoms with van der Waals surface area (Å²) < 4.78 is 0. The van der Waals surface area contributed by atoms with Gasteiger partial charge in [0.1, 0.15) is 11.6 Å². The zero-order chi connectivity index (χ0) is 22.8. The van der Waals surface area contributed by atoms with Gasteiger partial charge < -0.3 is 15.3 Å². The number of hydrogen-bond donors (Lipinski definition) is 2. The molecular weight excluding hydrogens is 404 g/mol. The topological polar surface area (TPSA) is 96.7 Å². The first kappa shape index (κ1) is 23.0. The first-order valence-electron chi connectivity index (χ1n) is 10.8. The van der Waals surface area contributed by atoms with Gasteiger partial charge in [-0.25, -0.2) is 0 Å². The Hall–Kier alpha value is -3.63. The molecule has 7 nitrogen and oxygen atoms in total. The van der Waals surface area contributed by atoms with Crippen molar-refractivity contribution < 1.29 is 14.7 Å². The van der Waals surface area contributed by atoms with Gasteiger partial charge >= 0.3 is 5.97 Å². The highest BCUT2D eigenvalue weighted by Crippen LogP contribution is 2.29. The maximum Gasteiger partial charge on any atom is 0.303 e. The third kappa shape index (κ3) is 6.19. The van der Waals surface area contributed by atoms with E-state index in [4.69, 9.17) is 5.11 Å². The van der Waals surface area contributed by atoms with E-state index in [-0.39, 0.29) is 23.9 Å². The highest BCUT2D eigenvalue weighted by Gasteiger charge is 2.29. The van der Waals surface area contributed by atoms with Crippen molar-refractivity contribution in [3.05, 3.63) is 83.6 Å². The van der Waals surface area contributed by atoms with Crippen molar-refractivity contribution in [1.29, 1.82) is 5.26 Å². The number of nitriles is 1. The highest BCUT2D eigenvalue weighted by molar-refractivity contribution is 5.97. The van der Waals surface area contributed by atoms with Gasteiger partial charge in [-0.3, -0.25) is 14.5 Å². The molecule has 2 aromatic rings. The van der Waals surface area contributed by atoms with Crippen LogP contribution in [0.4, 0.5) is 0 Å². The summed E-state index contributed by atoms with van der Waals surface area (Å²) in [6.45, 7) is 2.87. The van der Waals surface area contributed by atoms with Gasteiger partial charge in [-0.15, -0.1) is 0 Å². The number of aliphatic carboxylic acids is 1. The average molecular weight is 433 g/mol. The number of rotatable bonds is 9. The maximum atomic E-state index is 12.8. The molecule has 1 aliphatic rings. The van der Waals surface area contributed by atoms with Crippen molar-refractivity contribution in [3.63, 3.8) is 0 Å². The van der Waals surface area contributed by atoms with Crippen LogP contribution in [0.2, 0.25) is 0 Å². The monoisotopic (exact) mass is 432 g/mol. The second-order valence-electron chi connectivity index (χ2n) is 7.67. The molecule has 166 valence electrons. The van der Waals surface area contributed by atoms with Gasteiger partial charge in [0.15, 0.2) is 0 Å². The average Bonchev–Trinajstić information content (AvgIpc) is 2.83. The summed E-state index contributed by atoms with van der Waals surface area (Å²) in [4.78, 5) is 27.4. The molecule has 32 heavy (non-hydrogen) atoms. The van der Waals surface area contributed by atoms with E-state index in [1.807, 2.05) is 42.5 Å². The minimum Gasteiger partial charge on any atom is -0.481 e. The largest absolute Gasteiger partial charge is 0.481 e. The van der Waals surface area contributed by atoms with Crippen molar-refractivity contribution >= 4 is 11.9 Å². The quantitative estimate of drug-likeness (QED) is 0.359. The highest BCUT2D eigenvalue weighted by atomic mass is 16.4. The van der Waals surface area contributed by atoms with Crippen LogP contribution in [-0.4, -0.2) is 59.5 Å². The molecule has 0 radical (unpaired) electrons. The second kappa shape index (κ2) is 11.7. The Labute approximate surface area is 188 Å². The van der Waals surface area contributed by atoms with Gasteiger partial charge in [0.2, 0.25) is 0 Å². The number of piperazine rings is 1. The number of carboxylic acids is 1. The van der Waals surface area contributed by atoms with Crippen LogP contribution in [0.25, 0.3) is 0 Å². The number of carbonyl (C=O) groups excluding carboxylic acids is 1. The van der Waals surface area contributed by atoms with Crippen molar-refractivity contribution in [3.8, 4) is 6.07 Å². The molecule has 3 rings (SSSR count). The van der Waals surface area contributed by atoms with Crippen LogP contribution in [0.1, 0.15) is 30.0 Å². The molecular formula is C25H28N4O3. The standard InChI is InChI=1S/C25H28N4O3/c26-18-22(19-27-13-7-12-23(30)31)25(32)29-16-14-28(15-17-29)24(20-8-3-1-4-9-20)21-10-5-2-6-11-21/h1-6,8-11,19,24,27H,7,12-17H2,(H,30,31)/b22-19-. The minimum atomic E-state index is -0.866. The molecule has 0 bridgehead atoms. The molecule has 1 heterocycles. The van der Waals surface area contributed by atoms with Gasteiger partial charge in [-0.1, -0.05) is 60.7 Å². The molecule has 0 spiro atoms. The first-order valence-corrected chi connectivity index (χ1v) is 10.8. The lowest BCUT2D eigenvalue weighted by atomic mass is 9.96. The molecule has 1 aliphatic heterocycles. The van der Waals surface area contributed by atoms with Gasteiger partial charge in [-0.05, 0) is 17.5 Å². The molecule has 2 N–H and O–H groups in total. The normalized spacial score (nSPS) is 14.8. The maximum absolute atomic E-state index is 12.8. The molecule has 0 saturated carbocycles. The SMILES string of the molecule is N#C/C(=C/NCCCC(=O)O)C(=O)N1CCN(C(c2ccccc2)c2ccccc2)CC1. The lowest BCUT2D eigenvalue weighted by molar-refractivity contribution is -0.137. The van der Waals surface area contributed by atoms with E-state index < -0.39 is 5.97 Å². The Balaban J connectivity index is 1.63. The molecule has 1 fully saturated rings. The Kier molecular flexibility index (Phi) is 8.41. The summed E-state index contributed by atoms with van der Waals surface area (Å²) in [5, 5.41) is 20.9. The summed E-state index contributed by atoms with van der Waals surface area (Å²) in [6, 6.07) is 22.8. The summed E-state index contributed by atoms with van der Waals surface area (Å²) in [6.07, 6.45) is 1.87. The van der Waals surface area contributed by atoms with Gasteiger partial charge in [0, 0.05) is 45.3 Å². The van der Waals surface area contributed by atoms with Crippen molar-refractivity contribution in [1.82, 2.24) is 15.1 Å². The van der Waals surface area contributed by atoms with Crippen LogP contribution < -0.4 is 5.32 Å². The van der Waals surface area contributed by atoms with Crippen LogP contribution in [0, 0.1) is 11.3 Å². The van der Waals surface area contributed by atoms with E-state index >= 15 is 0 Å². The lowest BCUT2D eigenvalue weighted by Gasteiger charge is -2.39. The number of carbonyl (C=O) groups is 2. The minimum absolute atomic E-state index is 0.0384. The molecule has 2 aromatic carbocycles. The predicted octanol–water partition coefficient (Wildman–Crippen LogP) is 2.78. The third-order valence-corrected chi connectivity index (χ3v) is 5.51. The van der Waals surface area contributed by atoms with Crippen LogP contribution in [0.5, 0.6) is 0 Å². The molecule has 7 heteroatoms. The van der Waals surface area contributed by atoms with E-state index in [2.05, 4.69) is 34.5 Å². The number of nitrogens with zero attached hydrogens (tertiary/aromatic N) is 3. The Bertz CT molecular complexity index is 922. The fourth-order valence-corrected chi connectivity index (χ4v) is 3.90. The zero-order valence-corrected chi connectivity index (χ0v) is 18.0. The molecule has 1 saturated heterocycles. The molecule has 0 atom stereocenters. The van der Waals surface area contributed by atoms with E-state index in [0.717, 1.165) is 0 Å². The van der Waals surface area contributed by atoms with Crippen LogP contribution in [0.15, 0.2) is 72.4 Å². The number of benzene rings is 2. The lowest BCUT2D eigenvalue weighted by Crippen LogP contribution is -2.50. The Morgan fingerprint density at radius 2 is 1.56 bits per heavy atom. The molecule has 0 unspecified atom stereocenters. The summed E-state index contributed by atoms with van der Waals surface area (Å²) >= 11 is 0. The number of hydrogen-bond acceptors (Lipinski definition) is 5. The predicted molar refractivity (Wildman–Crippen MR) is 121 cm³/mol.